The van der Waals surface area contributed by atoms with Gasteiger partial charge in [0.25, 0.3) is 0 Å². The standard InChI is InChI=1S/C18H24N2O6S2/c1-17(2,3)26-16(23)19-6-7-20(28(5,24)25)13-8-11-10-18(4,15(21)22)27-14(11)9-12(13)19/h8-9H,6-7,10H2,1-5H3,(H,21,22). The molecule has 3 rings (SSSR count). The second kappa shape index (κ2) is 6.55. The molecule has 0 spiro atoms. The van der Waals surface area contributed by atoms with Crippen LogP contribution in [0.2, 0.25) is 0 Å². The van der Waals surface area contributed by atoms with Crippen LogP contribution in [0.3, 0.4) is 0 Å². The number of anilines is 2. The van der Waals surface area contributed by atoms with Crippen LogP contribution in [0.25, 0.3) is 0 Å². The maximum Gasteiger partial charge on any atom is 0.414 e. The lowest BCUT2D eigenvalue weighted by atomic mass is 9.99. The number of ether oxygens (including phenoxy) is 1. The first-order valence-corrected chi connectivity index (χ1v) is 11.5. The van der Waals surface area contributed by atoms with E-state index in [1.54, 1.807) is 39.8 Å². The molecule has 1 N–H and O–H groups in total. The van der Waals surface area contributed by atoms with Gasteiger partial charge in [0.05, 0.1) is 24.2 Å². The largest absolute Gasteiger partial charge is 0.480 e. The van der Waals surface area contributed by atoms with Crippen LogP contribution in [0.4, 0.5) is 16.2 Å². The molecule has 28 heavy (non-hydrogen) atoms. The minimum Gasteiger partial charge on any atom is -0.480 e. The number of aliphatic carboxylic acids is 1. The Hall–Kier alpha value is -1.94. The maximum atomic E-state index is 12.7. The van der Waals surface area contributed by atoms with Gasteiger partial charge in [0.2, 0.25) is 10.0 Å². The van der Waals surface area contributed by atoms with Gasteiger partial charge in [-0.1, -0.05) is 0 Å². The Labute approximate surface area is 168 Å². The van der Waals surface area contributed by atoms with Crippen LogP contribution in [-0.2, 0) is 26.0 Å². The molecule has 0 saturated carbocycles. The Morgan fingerprint density at radius 3 is 2.39 bits per heavy atom. The number of sulfonamides is 1. The van der Waals surface area contributed by atoms with E-state index in [9.17, 15) is 23.1 Å². The Balaban J connectivity index is 2.10. The fraction of sp³-hybridized carbons (Fsp3) is 0.556. The van der Waals surface area contributed by atoms with Gasteiger partial charge < -0.3 is 9.84 Å². The summed E-state index contributed by atoms with van der Waals surface area (Å²) >= 11 is 1.21. The van der Waals surface area contributed by atoms with E-state index in [0.717, 1.165) is 16.7 Å². The minimum atomic E-state index is -3.55. The van der Waals surface area contributed by atoms with Gasteiger partial charge in [-0.25, -0.2) is 13.2 Å². The Morgan fingerprint density at radius 2 is 1.86 bits per heavy atom. The summed E-state index contributed by atoms with van der Waals surface area (Å²) in [4.78, 5) is 26.5. The summed E-state index contributed by atoms with van der Waals surface area (Å²) in [5.74, 6) is -0.935. The highest BCUT2D eigenvalue weighted by molar-refractivity contribution is 8.01. The van der Waals surface area contributed by atoms with E-state index in [0.29, 0.717) is 11.4 Å². The molecule has 0 aromatic heterocycles. The molecule has 10 heteroatoms. The Bertz CT molecular complexity index is 954. The van der Waals surface area contributed by atoms with Gasteiger partial charge in [-0.3, -0.25) is 14.0 Å². The van der Waals surface area contributed by atoms with Crippen molar-refractivity contribution in [1.82, 2.24) is 0 Å². The van der Waals surface area contributed by atoms with Crippen molar-refractivity contribution in [2.24, 2.45) is 0 Å². The van der Waals surface area contributed by atoms with Gasteiger partial charge in [0.15, 0.2) is 0 Å². The minimum absolute atomic E-state index is 0.104. The number of carboxylic acid groups (broad SMARTS) is 1. The highest BCUT2D eigenvalue weighted by Crippen LogP contribution is 2.50. The van der Waals surface area contributed by atoms with Crippen molar-refractivity contribution in [3.05, 3.63) is 17.7 Å². The van der Waals surface area contributed by atoms with Gasteiger partial charge in [0, 0.05) is 11.4 Å². The molecule has 2 aliphatic rings. The molecular formula is C18H24N2O6S2. The third-order valence-electron chi connectivity index (χ3n) is 4.57. The summed E-state index contributed by atoms with van der Waals surface area (Å²) in [5, 5.41) is 9.55. The van der Waals surface area contributed by atoms with Crippen molar-refractivity contribution < 1.29 is 27.9 Å². The highest BCUT2D eigenvalue weighted by atomic mass is 32.2. The number of hydrogen-bond donors (Lipinski definition) is 1. The van der Waals surface area contributed by atoms with E-state index >= 15 is 0 Å². The van der Waals surface area contributed by atoms with Crippen LogP contribution in [0, 0.1) is 0 Å². The first-order chi connectivity index (χ1) is 12.7. The number of rotatable bonds is 2. The van der Waals surface area contributed by atoms with Crippen LogP contribution in [0.5, 0.6) is 0 Å². The zero-order valence-electron chi connectivity index (χ0n) is 16.5. The number of nitrogens with zero attached hydrogens (tertiary/aromatic N) is 2. The van der Waals surface area contributed by atoms with E-state index in [4.69, 9.17) is 4.74 Å². The number of carbonyl (C=O) groups is 2. The SMILES string of the molecule is CC(C)(C)OC(=O)N1CCN(S(C)(=O)=O)c2cc3c(cc21)SC(C)(C(=O)O)C3. The lowest BCUT2D eigenvalue weighted by Gasteiger charge is -2.37. The van der Waals surface area contributed by atoms with Crippen LogP contribution < -0.4 is 9.21 Å². The van der Waals surface area contributed by atoms with E-state index in [2.05, 4.69) is 0 Å². The topological polar surface area (TPSA) is 104 Å². The second-order valence-corrected chi connectivity index (χ2v) is 11.7. The van der Waals surface area contributed by atoms with Crippen molar-refractivity contribution in [2.75, 3.05) is 28.6 Å². The summed E-state index contributed by atoms with van der Waals surface area (Å²) in [5.41, 5.74) is 0.840. The van der Waals surface area contributed by atoms with Crippen LogP contribution in [0.15, 0.2) is 17.0 Å². The summed E-state index contributed by atoms with van der Waals surface area (Å²) < 4.78 is 30.3. The zero-order valence-corrected chi connectivity index (χ0v) is 18.1. The molecule has 2 heterocycles. The normalized spacial score (nSPS) is 21.9. The molecule has 0 fully saturated rings. The lowest BCUT2D eigenvalue weighted by molar-refractivity contribution is -0.139. The second-order valence-electron chi connectivity index (χ2n) is 8.23. The van der Waals surface area contributed by atoms with E-state index in [1.165, 1.54) is 21.0 Å². The first kappa shape index (κ1) is 20.8. The third kappa shape index (κ3) is 3.80. The van der Waals surface area contributed by atoms with Crippen molar-refractivity contribution in [3.63, 3.8) is 0 Å². The van der Waals surface area contributed by atoms with E-state index in [1.807, 2.05) is 0 Å². The van der Waals surface area contributed by atoms with Gasteiger partial charge in [-0.05, 0) is 51.8 Å². The first-order valence-electron chi connectivity index (χ1n) is 8.79. The summed E-state index contributed by atoms with van der Waals surface area (Å²) in [6, 6.07) is 3.38. The molecule has 8 nitrogen and oxygen atoms in total. The quantitative estimate of drug-likeness (QED) is 0.772. The molecular weight excluding hydrogens is 404 g/mol. The van der Waals surface area contributed by atoms with Gasteiger partial charge in [-0.2, -0.15) is 0 Å². The van der Waals surface area contributed by atoms with Crippen LogP contribution in [0.1, 0.15) is 33.3 Å². The molecule has 0 bridgehead atoms. The fourth-order valence-electron chi connectivity index (χ4n) is 3.29. The lowest BCUT2D eigenvalue weighted by Crippen LogP contribution is -2.47. The van der Waals surface area contributed by atoms with E-state index < -0.39 is 32.4 Å². The average molecular weight is 429 g/mol. The molecule has 1 aromatic carbocycles. The number of carbonyl (C=O) groups excluding carboxylic acids is 1. The summed E-state index contributed by atoms with van der Waals surface area (Å²) in [6.07, 6.45) is 0.828. The number of carboxylic acids is 1. The number of hydrogen-bond acceptors (Lipinski definition) is 6. The number of amides is 1. The number of benzene rings is 1. The summed E-state index contributed by atoms with van der Waals surface area (Å²) in [7, 11) is -3.55. The van der Waals surface area contributed by atoms with Gasteiger partial charge in [-0.15, -0.1) is 11.8 Å². The molecule has 0 aliphatic carbocycles. The van der Waals surface area contributed by atoms with Crippen molar-refractivity contribution in [2.45, 2.75) is 49.4 Å². The van der Waals surface area contributed by atoms with Crippen LogP contribution >= 0.6 is 11.8 Å². The predicted molar refractivity (Wildman–Crippen MR) is 108 cm³/mol. The average Bonchev–Trinajstić information content (AvgIpc) is 2.85. The predicted octanol–water partition coefficient (Wildman–Crippen LogP) is 2.70. The van der Waals surface area contributed by atoms with Crippen LogP contribution in [-0.4, -0.2) is 55.3 Å². The van der Waals surface area contributed by atoms with Gasteiger partial charge in [0.1, 0.15) is 10.3 Å². The molecule has 1 amide bonds. The molecule has 154 valence electrons. The van der Waals surface area contributed by atoms with Crippen molar-refractivity contribution >= 4 is 45.2 Å². The molecule has 0 radical (unpaired) electrons. The Kier molecular flexibility index (Phi) is 4.86. The van der Waals surface area contributed by atoms with Crippen molar-refractivity contribution in [1.29, 1.82) is 0 Å². The molecule has 2 aliphatic heterocycles. The third-order valence-corrected chi connectivity index (χ3v) is 7.12. The highest BCUT2D eigenvalue weighted by Gasteiger charge is 2.43. The number of fused-ring (bicyclic) bond motifs is 2. The smallest absolute Gasteiger partial charge is 0.414 e. The number of thioether (sulfide) groups is 1. The molecule has 1 unspecified atom stereocenters. The molecule has 0 saturated heterocycles. The maximum absolute atomic E-state index is 12.7. The van der Waals surface area contributed by atoms with E-state index in [-0.39, 0.29) is 19.5 Å². The molecule has 1 atom stereocenters. The zero-order chi connectivity index (χ0) is 21.1. The summed E-state index contributed by atoms with van der Waals surface area (Å²) in [6.45, 7) is 7.17. The monoisotopic (exact) mass is 428 g/mol. The molecule has 1 aromatic rings. The van der Waals surface area contributed by atoms with Crippen molar-refractivity contribution in [3.8, 4) is 0 Å². The Morgan fingerprint density at radius 1 is 1.21 bits per heavy atom. The van der Waals surface area contributed by atoms with Gasteiger partial charge >= 0.3 is 12.1 Å². The fourth-order valence-corrected chi connectivity index (χ4v) is 5.44.